The van der Waals surface area contributed by atoms with Crippen molar-refractivity contribution in [3.63, 3.8) is 0 Å². The second-order valence-corrected chi connectivity index (χ2v) is 7.70. The zero-order chi connectivity index (χ0) is 20.2. The van der Waals surface area contributed by atoms with Crippen LogP contribution in [0.3, 0.4) is 0 Å². The molecule has 0 saturated carbocycles. The Morgan fingerprint density at radius 1 is 1.22 bits per heavy atom. The van der Waals surface area contributed by atoms with Gasteiger partial charge in [0.2, 0.25) is 0 Å². The summed E-state index contributed by atoms with van der Waals surface area (Å²) >= 11 is 13.4. The Morgan fingerprint density at radius 2 is 1.85 bits per heavy atom. The molecule has 0 fully saturated rings. The molecule has 146 valence electrons. The van der Waals surface area contributed by atoms with Gasteiger partial charge in [0.1, 0.15) is 17.6 Å². The number of alkyl halides is 3. The first-order valence-corrected chi connectivity index (χ1v) is 9.92. The van der Waals surface area contributed by atoms with E-state index in [1.807, 2.05) is 6.07 Å². The number of nitrogens with zero attached hydrogens (tertiary/aromatic N) is 3. The maximum absolute atomic E-state index is 12.9. The number of benzene rings is 1. The zero-order valence-corrected chi connectivity index (χ0v) is 16.7. The van der Waals surface area contributed by atoms with E-state index in [0.29, 0.717) is 4.90 Å². The summed E-state index contributed by atoms with van der Waals surface area (Å²) in [5.41, 5.74) is 5.22. The molecule has 2 aromatic rings. The number of unbranched alkanes of at least 4 members (excludes halogenated alkanes) is 3. The highest BCUT2D eigenvalue weighted by molar-refractivity contribution is 7.99. The number of halogens is 5. The number of nitriles is 1. The van der Waals surface area contributed by atoms with Crippen molar-refractivity contribution in [1.29, 1.82) is 5.26 Å². The average Bonchev–Trinajstić information content (AvgIpc) is 2.89. The molecule has 2 rings (SSSR count). The van der Waals surface area contributed by atoms with Crippen LogP contribution in [0.4, 0.5) is 19.0 Å². The molecular formula is C17H17Cl2F3N4S. The minimum absolute atomic E-state index is 0.0122. The van der Waals surface area contributed by atoms with E-state index in [9.17, 15) is 18.4 Å². The number of aromatic nitrogens is 2. The number of hydrogen-bond acceptors (Lipinski definition) is 4. The Bertz CT molecular complexity index is 836. The van der Waals surface area contributed by atoms with Gasteiger partial charge in [0.25, 0.3) is 0 Å². The SMILES string of the molecule is CCCCCCSc1c(C#N)nn(-c2c(Cl)cc(C(F)(F)F)cc2Cl)c1N. The summed E-state index contributed by atoms with van der Waals surface area (Å²) in [6.45, 7) is 2.11. The molecule has 0 unspecified atom stereocenters. The second-order valence-electron chi connectivity index (χ2n) is 5.78. The van der Waals surface area contributed by atoms with E-state index < -0.39 is 11.7 Å². The summed E-state index contributed by atoms with van der Waals surface area (Å²) in [6, 6.07) is 3.47. The monoisotopic (exact) mass is 436 g/mol. The fourth-order valence-electron chi connectivity index (χ4n) is 2.44. The first-order chi connectivity index (χ1) is 12.7. The topological polar surface area (TPSA) is 67.6 Å². The minimum atomic E-state index is -4.58. The molecule has 4 nitrogen and oxygen atoms in total. The van der Waals surface area contributed by atoms with Crippen LogP contribution in [0.25, 0.3) is 5.69 Å². The lowest BCUT2D eigenvalue weighted by atomic mass is 10.2. The van der Waals surface area contributed by atoms with Crippen LogP contribution in [0.15, 0.2) is 17.0 Å². The van der Waals surface area contributed by atoms with Crippen molar-refractivity contribution < 1.29 is 13.2 Å². The van der Waals surface area contributed by atoms with Crippen molar-refractivity contribution >= 4 is 40.8 Å². The van der Waals surface area contributed by atoms with E-state index in [4.69, 9.17) is 28.9 Å². The van der Waals surface area contributed by atoms with Crippen LogP contribution in [0.2, 0.25) is 10.0 Å². The standard InChI is InChI=1S/C17H17Cl2F3N4S/c1-2-3-4-5-6-27-15-13(9-23)25-26(16(15)24)14-11(18)7-10(8-12(14)19)17(20,21)22/h7-8H,2-6,24H2,1H3. The lowest BCUT2D eigenvalue weighted by Crippen LogP contribution is -2.08. The van der Waals surface area contributed by atoms with E-state index in [2.05, 4.69) is 12.0 Å². The molecule has 1 aromatic heterocycles. The van der Waals surface area contributed by atoms with Crippen molar-refractivity contribution in [3.05, 3.63) is 33.4 Å². The predicted octanol–water partition coefficient (Wildman–Crippen LogP) is 6.32. The lowest BCUT2D eigenvalue weighted by Gasteiger charge is -2.13. The van der Waals surface area contributed by atoms with Crippen LogP contribution in [-0.4, -0.2) is 15.5 Å². The van der Waals surface area contributed by atoms with Crippen molar-refractivity contribution in [2.75, 3.05) is 11.5 Å². The van der Waals surface area contributed by atoms with Gasteiger partial charge in [0, 0.05) is 0 Å². The van der Waals surface area contributed by atoms with Crippen LogP contribution in [-0.2, 0) is 6.18 Å². The number of nitrogens with two attached hydrogens (primary N) is 1. The van der Waals surface area contributed by atoms with E-state index in [1.54, 1.807) is 0 Å². The minimum Gasteiger partial charge on any atom is -0.383 e. The highest BCUT2D eigenvalue weighted by atomic mass is 35.5. The highest BCUT2D eigenvalue weighted by Gasteiger charge is 2.32. The van der Waals surface area contributed by atoms with Crippen LogP contribution < -0.4 is 5.73 Å². The van der Waals surface area contributed by atoms with Gasteiger partial charge in [-0.15, -0.1) is 11.8 Å². The molecule has 0 aliphatic rings. The van der Waals surface area contributed by atoms with Gasteiger partial charge >= 0.3 is 6.18 Å². The molecule has 0 atom stereocenters. The van der Waals surface area contributed by atoms with Crippen molar-refractivity contribution in [3.8, 4) is 11.8 Å². The van der Waals surface area contributed by atoms with E-state index >= 15 is 0 Å². The Balaban J connectivity index is 2.39. The van der Waals surface area contributed by atoms with Gasteiger partial charge in [-0.05, 0) is 24.3 Å². The molecule has 1 aromatic carbocycles. The fourth-order valence-corrected chi connectivity index (χ4v) is 4.09. The zero-order valence-electron chi connectivity index (χ0n) is 14.4. The summed E-state index contributed by atoms with van der Waals surface area (Å²) in [4.78, 5) is 0.473. The molecule has 0 aliphatic heterocycles. The molecule has 0 amide bonds. The van der Waals surface area contributed by atoms with Gasteiger partial charge in [0.15, 0.2) is 5.69 Å². The summed E-state index contributed by atoms with van der Waals surface area (Å²) in [5, 5.41) is 12.9. The molecule has 0 saturated heterocycles. The predicted molar refractivity (Wildman–Crippen MR) is 103 cm³/mol. The summed E-state index contributed by atoms with van der Waals surface area (Å²) < 4.78 is 39.8. The van der Waals surface area contributed by atoms with Gasteiger partial charge < -0.3 is 5.73 Å². The molecular weight excluding hydrogens is 420 g/mol. The maximum Gasteiger partial charge on any atom is 0.416 e. The third-order valence-corrected chi connectivity index (χ3v) is 5.54. The Kier molecular flexibility index (Phi) is 7.32. The number of rotatable bonds is 7. The molecule has 1 heterocycles. The van der Waals surface area contributed by atoms with E-state index in [-0.39, 0.29) is 27.2 Å². The van der Waals surface area contributed by atoms with Crippen molar-refractivity contribution in [2.24, 2.45) is 0 Å². The fraction of sp³-hybridized carbons (Fsp3) is 0.412. The molecule has 10 heteroatoms. The van der Waals surface area contributed by atoms with Crippen LogP contribution in [0.1, 0.15) is 43.9 Å². The third-order valence-electron chi connectivity index (χ3n) is 3.78. The first-order valence-electron chi connectivity index (χ1n) is 8.18. The highest BCUT2D eigenvalue weighted by Crippen LogP contribution is 2.40. The average molecular weight is 437 g/mol. The molecule has 0 radical (unpaired) electrons. The largest absolute Gasteiger partial charge is 0.416 e. The Labute approximate surface area is 169 Å². The lowest BCUT2D eigenvalue weighted by molar-refractivity contribution is -0.137. The molecule has 0 aliphatic carbocycles. The first kappa shape index (κ1) is 21.7. The summed E-state index contributed by atoms with van der Waals surface area (Å²) in [7, 11) is 0. The number of anilines is 1. The summed E-state index contributed by atoms with van der Waals surface area (Å²) in [5.74, 6) is 0.870. The van der Waals surface area contributed by atoms with Gasteiger partial charge in [-0.25, -0.2) is 4.68 Å². The Morgan fingerprint density at radius 3 is 2.37 bits per heavy atom. The number of nitrogen functional groups attached to an aromatic ring is 1. The molecule has 0 spiro atoms. The van der Waals surface area contributed by atoms with Crippen LogP contribution in [0.5, 0.6) is 0 Å². The molecule has 27 heavy (non-hydrogen) atoms. The summed E-state index contributed by atoms with van der Waals surface area (Å²) in [6.07, 6.45) is -0.332. The Hall–Kier alpha value is -1.56. The maximum atomic E-state index is 12.9. The number of hydrogen-bond donors (Lipinski definition) is 1. The second kappa shape index (κ2) is 9.09. The van der Waals surface area contributed by atoms with Crippen molar-refractivity contribution in [1.82, 2.24) is 9.78 Å². The van der Waals surface area contributed by atoms with E-state index in [1.165, 1.54) is 11.8 Å². The van der Waals surface area contributed by atoms with Gasteiger partial charge in [0.05, 0.1) is 20.5 Å². The number of thioether (sulfide) groups is 1. The van der Waals surface area contributed by atoms with Gasteiger partial charge in [-0.2, -0.15) is 23.5 Å². The normalized spacial score (nSPS) is 11.6. The molecule has 2 N–H and O–H groups in total. The van der Waals surface area contributed by atoms with Crippen molar-refractivity contribution in [2.45, 2.75) is 43.7 Å². The van der Waals surface area contributed by atoms with E-state index in [0.717, 1.165) is 48.3 Å². The smallest absolute Gasteiger partial charge is 0.383 e. The molecule has 0 bridgehead atoms. The van der Waals surface area contributed by atoms with Crippen LogP contribution >= 0.6 is 35.0 Å². The third kappa shape index (κ3) is 5.03. The van der Waals surface area contributed by atoms with Crippen LogP contribution in [0, 0.1) is 11.3 Å². The van der Waals surface area contributed by atoms with Gasteiger partial charge in [-0.1, -0.05) is 49.4 Å². The quantitative estimate of drug-likeness (QED) is 0.406. The van der Waals surface area contributed by atoms with Gasteiger partial charge in [-0.3, -0.25) is 0 Å².